The normalized spacial score (nSPS) is 11.0. The fraction of sp³-hybridized carbons (Fsp3) is 0.0769. The second-order valence-electron chi connectivity index (χ2n) is 22.4. The lowest BCUT2D eigenvalue weighted by atomic mass is 10.2. The molecule has 0 unspecified atom stereocenters. The standard InChI is InChI=1S/C26H18BrClN4O3.C24H14BrClN4O3.C15H17N3O4.C13H8BrCl2N/c1-2-35-26(34)22-21-24(32(30-22)20-6-4-3-5-7-20)29-23(16-8-10-17(27)11-9-16)31(25(21)33)19-14-12-18(28)13-15-19;25-15-8-6-14(7-9-15)21-27-22-19(23(31)29(21)17-12-10-16(26)11-13-17)20(24(32)33)28-30(22)18-4-2-1-3-5-18;1-3-21-14(19)11-12(15(20)22-4-2)17-18(13(11)16)10-8-6-5-7-9-10;14-10-3-1-9(2-4-10)13(16)17-12-7-5-11(15)6-8-12/h3-15H,2H2,1H3;1-13H,(H,32,33);5-9H,3-4,16H2,1-2H3;1-8H. The summed E-state index contributed by atoms with van der Waals surface area (Å²) in [5.41, 5.74) is 10.7. The number of carboxylic acids is 1. The second-order valence-corrected chi connectivity index (χ2v) is 26.8. The Kier molecular flexibility index (Phi) is 25.4. The van der Waals surface area contributed by atoms with Crippen LogP contribution in [-0.4, -0.2) is 102 Å². The molecule has 14 rings (SSSR count). The number of para-hydroxylation sites is 3. The van der Waals surface area contributed by atoms with E-state index in [1.165, 1.54) is 23.2 Å². The molecule has 3 N–H and O–H groups in total. The molecule has 0 bridgehead atoms. The number of fused-ring (bicyclic) bond motifs is 2. The maximum atomic E-state index is 14.1. The summed E-state index contributed by atoms with van der Waals surface area (Å²) in [7, 11) is 0. The first-order chi connectivity index (χ1) is 51.7. The molecular formula is C78H57Br3Cl4N12O10. The summed E-state index contributed by atoms with van der Waals surface area (Å²) in [4.78, 5) is 90.8. The largest absolute Gasteiger partial charge is 0.476 e. The molecule has 107 heavy (non-hydrogen) atoms. The molecule has 0 radical (unpaired) electrons. The van der Waals surface area contributed by atoms with Gasteiger partial charge in [0.05, 0.1) is 53.9 Å². The van der Waals surface area contributed by atoms with Crippen LogP contribution in [0.4, 0.5) is 11.5 Å². The van der Waals surface area contributed by atoms with Crippen LogP contribution in [0.5, 0.6) is 0 Å². The van der Waals surface area contributed by atoms with Gasteiger partial charge in [0.25, 0.3) is 11.1 Å². The highest BCUT2D eigenvalue weighted by atomic mass is 79.9. The Balaban J connectivity index is 0.000000147. The summed E-state index contributed by atoms with van der Waals surface area (Å²) in [6.45, 7) is 5.51. The summed E-state index contributed by atoms with van der Waals surface area (Å²) >= 11 is 34.3. The number of hydrogen-bond donors (Lipinski definition) is 2. The highest BCUT2D eigenvalue weighted by Gasteiger charge is 2.31. The van der Waals surface area contributed by atoms with Gasteiger partial charge in [0, 0.05) is 45.2 Å². The van der Waals surface area contributed by atoms with Crippen molar-refractivity contribution < 1.29 is 38.5 Å². The van der Waals surface area contributed by atoms with Crippen molar-refractivity contribution in [1.82, 2.24) is 48.4 Å². The molecule has 0 spiro atoms. The number of halogens is 7. The van der Waals surface area contributed by atoms with Gasteiger partial charge in [-0.15, -0.1) is 0 Å². The predicted molar refractivity (Wildman–Crippen MR) is 426 cm³/mol. The van der Waals surface area contributed by atoms with Gasteiger partial charge in [-0.2, -0.15) is 15.3 Å². The van der Waals surface area contributed by atoms with Crippen LogP contribution in [0.15, 0.2) is 265 Å². The van der Waals surface area contributed by atoms with Crippen molar-refractivity contribution in [3.8, 4) is 51.2 Å². The molecule has 0 fully saturated rings. The monoisotopic (exact) mass is 1700 g/mol. The highest BCUT2D eigenvalue weighted by Crippen LogP contribution is 2.31. The van der Waals surface area contributed by atoms with E-state index in [0.29, 0.717) is 71.5 Å². The maximum absolute atomic E-state index is 14.1. The van der Waals surface area contributed by atoms with Crippen molar-refractivity contribution in [2.45, 2.75) is 20.8 Å². The van der Waals surface area contributed by atoms with Gasteiger partial charge in [-0.1, -0.05) is 185 Å². The van der Waals surface area contributed by atoms with Gasteiger partial charge in [0.2, 0.25) is 0 Å². The summed E-state index contributed by atoms with van der Waals surface area (Å²) in [6.07, 6.45) is 0. The highest BCUT2D eigenvalue weighted by molar-refractivity contribution is 9.11. The molecule has 22 nitrogen and oxygen atoms in total. The Bertz CT molecular complexity index is 5720. The first kappa shape index (κ1) is 77.0. The smallest absolute Gasteiger partial charge is 0.359 e. The number of aromatic nitrogens is 10. The Morgan fingerprint density at radius 2 is 0.785 bits per heavy atom. The van der Waals surface area contributed by atoms with Gasteiger partial charge >= 0.3 is 23.9 Å². The lowest BCUT2D eigenvalue weighted by Crippen LogP contribution is -2.23. The topological polar surface area (TPSA) is 278 Å². The van der Waals surface area contributed by atoms with E-state index in [2.05, 4.69) is 68.1 Å². The number of nitrogens with zero attached hydrogens (tertiary/aromatic N) is 11. The molecule has 538 valence electrons. The van der Waals surface area contributed by atoms with Crippen LogP contribution in [0, 0.1) is 0 Å². The minimum atomic E-state index is -1.31. The van der Waals surface area contributed by atoms with Crippen molar-refractivity contribution in [2.24, 2.45) is 4.99 Å². The van der Waals surface area contributed by atoms with Gasteiger partial charge in [-0.05, 0) is 166 Å². The van der Waals surface area contributed by atoms with Crippen molar-refractivity contribution >= 4 is 157 Å². The molecule has 5 aromatic heterocycles. The number of rotatable bonds is 16. The minimum absolute atomic E-state index is 0.0349. The van der Waals surface area contributed by atoms with Crippen LogP contribution in [0.2, 0.25) is 15.1 Å². The zero-order valence-corrected chi connectivity index (χ0v) is 64.2. The minimum Gasteiger partial charge on any atom is -0.476 e. The molecule has 9 aromatic carbocycles. The number of benzene rings is 9. The predicted octanol–water partition coefficient (Wildman–Crippen LogP) is 18.4. The molecule has 0 atom stereocenters. The molecule has 0 aliphatic heterocycles. The van der Waals surface area contributed by atoms with Crippen molar-refractivity contribution in [2.75, 3.05) is 25.6 Å². The van der Waals surface area contributed by atoms with Crippen molar-refractivity contribution in [3.05, 3.63) is 314 Å². The summed E-state index contributed by atoms with van der Waals surface area (Å²) in [5, 5.41) is 24.8. The zero-order valence-electron chi connectivity index (χ0n) is 56.4. The second kappa shape index (κ2) is 35.3. The number of nitrogens with two attached hydrogens (primary N) is 1. The van der Waals surface area contributed by atoms with E-state index < -0.39 is 35.0 Å². The SMILES string of the molecule is CCOC(=O)c1nn(-c2ccccc2)c(N)c1C(=O)OCC.CCOC(=O)c1nn(-c2ccccc2)c2nc(-c3ccc(Br)cc3)n(-c3ccc(Cl)cc3)c(=O)c12.ClC(=Nc1ccc(Cl)cc1)c1ccc(Br)cc1.O=C(O)c1nn(-c2ccccc2)c2nc(-c3ccc(Br)cc3)n(-c3ccc(Cl)cc3)c(=O)c12. The fourth-order valence-electron chi connectivity index (χ4n) is 10.6. The zero-order chi connectivity index (χ0) is 76.0. The number of aliphatic imine (C=N–C) groups is 1. The van der Waals surface area contributed by atoms with E-state index >= 15 is 0 Å². The van der Waals surface area contributed by atoms with E-state index in [1.807, 2.05) is 127 Å². The van der Waals surface area contributed by atoms with Crippen LogP contribution in [-0.2, 0) is 14.2 Å². The average molecular weight is 1700 g/mol. The van der Waals surface area contributed by atoms with Gasteiger partial charge < -0.3 is 25.1 Å². The van der Waals surface area contributed by atoms with E-state index in [9.17, 15) is 33.9 Å². The lowest BCUT2D eigenvalue weighted by molar-refractivity contribution is 0.0476. The molecule has 0 aliphatic rings. The summed E-state index contributed by atoms with van der Waals surface area (Å²) in [5.74, 6) is -2.65. The first-order valence-electron chi connectivity index (χ1n) is 32.4. The van der Waals surface area contributed by atoms with E-state index in [-0.39, 0.29) is 70.4 Å². The number of anilines is 1. The van der Waals surface area contributed by atoms with Crippen LogP contribution in [0.3, 0.4) is 0 Å². The van der Waals surface area contributed by atoms with E-state index in [1.54, 1.807) is 130 Å². The molecule has 0 aliphatic carbocycles. The Morgan fingerprint density at radius 1 is 0.439 bits per heavy atom. The number of esters is 3. The summed E-state index contributed by atoms with van der Waals surface area (Å²) < 4.78 is 24.9. The van der Waals surface area contributed by atoms with Crippen molar-refractivity contribution in [3.63, 3.8) is 0 Å². The third-order valence-electron chi connectivity index (χ3n) is 15.5. The third kappa shape index (κ3) is 17.9. The molecule has 14 aromatic rings. The lowest BCUT2D eigenvalue weighted by Gasteiger charge is -2.14. The van der Waals surface area contributed by atoms with E-state index in [4.69, 9.17) is 76.3 Å². The number of carbonyl (C=O) groups is 4. The molecule has 0 amide bonds. The fourth-order valence-corrected chi connectivity index (χ4v) is 12.0. The quantitative estimate of drug-likeness (QED) is 0.0517. The number of carboxylic acid groups (broad SMARTS) is 1. The van der Waals surface area contributed by atoms with Crippen LogP contribution in [0.25, 0.3) is 73.3 Å². The molecule has 0 saturated carbocycles. The van der Waals surface area contributed by atoms with Crippen molar-refractivity contribution in [1.29, 1.82) is 0 Å². The summed E-state index contributed by atoms with van der Waals surface area (Å²) in [6, 6.07) is 70.3. The van der Waals surface area contributed by atoms with Crippen LogP contribution >= 0.6 is 94.2 Å². The number of aromatic carboxylic acids is 1. The number of hydrogen-bond acceptors (Lipinski definition) is 16. The molecule has 0 saturated heterocycles. The number of ether oxygens (including phenoxy) is 3. The van der Waals surface area contributed by atoms with Gasteiger partial charge in [-0.25, -0.2) is 48.2 Å². The number of nitrogen functional groups attached to an aromatic ring is 1. The van der Waals surface area contributed by atoms with Crippen LogP contribution in [0.1, 0.15) is 68.2 Å². The average Bonchev–Trinajstić information content (AvgIpc) is 1.64. The maximum Gasteiger partial charge on any atom is 0.359 e. The Hall–Kier alpha value is -11.2. The molecular weight excluding hydrogens is 1650 g/mol. The van der Waals surface area contributed by atoms with Gasteiger partial charge in [-0.3, -0.25) is 18.7 Å². The Morgan fingerprint density at radius 3 is 1.19 bits per heavy atom. The van der Waals surface area contributed by atoms with Gasteiger partial charge in [0.15, 0.2) is 28.4 Å². The Labute approximate surface area is 655 Å². The van der Waals surface area contributed by atoms with Gasteiger partial charge in [0.1, 0.15) is 39.0 Å². The molecule has 29 heteroatoms. The van der Waals surface area contributed by atoms with E-state index in [0.717, 1.165) is 24.7 Å². The molecule has 5 heterocycles. The first-order valence-corrected chi connectivity index (χ1v) is 36.3. The number of carbonyl (C=O) groups excluding carboxylic acids is 3. The van der Waals surface area contributed by atoms with Crippen LogP contribution < -0.4 is 16.9 Å². The third-order valence-corrected chi connectivity index (χ3v) is 18.1.